The van der Waals surface area contributed by atoms with Gasteiger partial charge in [-0.25, -0.2) is 0 Å². The highest BCUT2D eigenvalue weighted by atomic mass is 16.6. The number of ether oxygens (including phenoxy) is 2. The molecule has 0 unspecified atom stereocenters. The molecule has 0 radical (unpaired) electrons. The summed E-state index contributed by atoms with van der Waals surface area (Å²) in [5.74, 6) is 0.805. The second-order valence-electron chi connectivity index (χ2n) is 4.73. The minimum absolute atomic E-state index is 0.0912. The topological polar surface area (TPSA) is 90.7 Å². The molecule has 0 heterocycles. The highest BCUT2D eigenvalue weighted by molar-refractivity contribution is 5.94. The van der Waals surface area contributed by atoms with E-state index in [0.717, 1.165) is 0 Å². The van der Waals surface area contributed by atoms with E-state index in [0.29, 0.717) is 17.2 Å². The van der Waals surface area contributed by atoms with Gasteiger partial charge < -0.3 is 14.8 Å². The molecule has 0 aliphatic carbocycles. The smallest absolute Gasteiger partial charge is 0.271 e. The molecule has 1 amide bonds. The highest BCUT2D eigenvalue weighted by Crippen LogP contribution is 2.20. The zero-order valence-corrected chi connectivity index (χ0v) is 12.7. The van der Waals surface area contributed by atoms with Crippen LogP contribution in [0.1, 0.15) is 6.92 Å². The molecular formula is C16H16N2O5. The number of methoxy groups -OCH3 is 1. The van der Waals surface area contributed by atoms with Crippen LogP contribution in [0.5, 0.6) is 11.5 Å². The van der Waals surface area contributed by atoms with Gasteiger partial charge >= 0.3 is 0 Å². The predicted octanol–water partition coefficient (Wildman–Crippen LogP) is 3.01. The van der Waals surface area contributed by atoms with Gasteiger partial charge in [-0.15, -0.1) is 0 Å². The molecule has 0 fully saturated rings. The molecule has 23 heavy (non-hydrogen) atoms. The van der Waals surface area contributed by atoms with Crippen LogP contribution in [0.4, 0.5) is 11.4 Å². The molecule has 7 heteroatoms. The van der Waals surface area contributed by atoms with Gasteiger partial charge in [-0.3, -0.25) is 14.9 Å². The van der Waals surface area contributed by atoms with Crippen LogP contribution in [-0.4, -0.2) is 24.0 Å². The molecule has 1 atom stereocenters. The standard InChI is InChI=1S/C16H16N2O5/c1-11(23-15-8-6-14(22-2)7-9-15)16(19)17-12-4-3-5-13(10-12)18(20)21/h3-11H,1-2H3,(H,17,19)/t11-/m0/s1. The quantitative estimate of drug-likeness (QED) is 0.653. The first-order valence-corrected chi connectivity index (χ1v) is 6.85. The van der Waals surface area contributed by atoms with E-state index >= 15 is 0 Å². The lowest BCUT2D eigenvalue weighted by Gasteiger charge is -2.15. The van der Waals surface area contributed by atoms with Crippen molar-refractivity contribution in [3.8, 4) is 11.5 Å². The lowest BCUT2D eigenvalue weighted by molar-refractivity contribution is -0.384. The maximum atomic E-state index is 12.1. The molecular weight excluding hydrogens is 300 g/mol. The molecule has 1 N–H and O–H groups in total. The Morgan fingerprint density at radius 3 is 2.43 bits per heavy atom. The molecule has 0 saturated carbocycles. The van der Waals surface area contributed by atoms with E-state index in [2.05, 4.69) is 5.32 Å². The maximum absolute atomic E-state index is 12.1. The van der Waals surface area contributed by atoms with E-state index in [1.807, 2.05) is 0 Å². The highest BCUT2D eigenvalue weighted by Gasteiger charge is 2.16. The number of nitro benzene ring substituents is 1. The molecule has 0 spiro atoms. The fraction of sp³-hybridized carbons (Fsp3) is 0.188. The number of benzene rings is 2. The number of hydrogen-bond acceptors (Lipinski definition) is 5. The Morgan fingerprint density at radius 1 is 1.17 bits per heavy atom. The molecule has 0 aliphatic heterocycles. The Balaban J connectivity index is 1.99. The summed E-state index contributed by atoms with van der Waals surface area (Å²) >= 11 is 0. The predicted molar refractivity (Wildman–Crippen MR) is 84.8 cm³/mol. The minimum Gasteiger partial charge on any atom is -0.497 e. The summed E-state index contributed by atoms with van der Waals surface area (Å²) in [4.78, 5) is 22.3. The first-order chi connectivity index (χ1) is 11.0. The van der Waals surface area contributed by atoms with E-state index in [9.17, 15) is 14.9 Å². The number of carbonyl (C=O) groups excluding carboxylic acids is 1. The first kappa shape index (κ1) is 16.3. The van der Waals surface area contributed by atoms with Crippen LogP contribution in [0.25, 0.3) is 0 Å². The van der Waals surface area contributed by atoms with E-state index in [1.54, 1.807) is 44.4 Å². The van der Waals surface area contributed by atoms with E-state index in [-0.39, 0.29) is 5.69 Å². The molecule has 0 aromatic heterocycles. The van der Waals surface area contributed by atoms with Crippen LogP contribution in [0.15, 0.2) is 48.5 Å². The molecule has 2 aromatic rings. The molecule has 0 saturated heterocycles. The molecule has 7 nitrogen and oxygen atoms in total. The second-order valence-corrected chi connectivity index (χ2v) is 4.73. The number of rotatable bonds is 6. The number of non-ortho nitro benzene ring substituents is 1. The Bertz CT molecular complexity index is 700. The summed E-state index contributed by atoms with van der Waals surface area (Å²) in [6.45, 7) is 1.59. The first-order valence-electron chi connectivity index (χ1n) is 6.85. The Kier molecular flexibility index (Phi) is 5.14. The largest absolute Gasteiger partial charge is 0.497 e. The molecule has 2 rings (SSSR count). The number of nitrogens with one attached hydrogen (secondary N) is 1. The van der Waals surface area contributed by atoms with E-state index in [1.165, 1.54) is 18.2 Å². The van der Waals surface area contributed by atoms with Crippen molar-refractivity contribution in [1.29, 1.82) is 0 Å². The Hall–Kier alpha value is -3.09. The van der Waals surface area contributed by atoms with Crippen molar-refractivity contribution < 1.29 is 19.2 Å². The van der Waals surface area contributed by atoms with Gasteiger partial charge in [-0.2, -0.15) is 0 Å². The Labute approximate surface area is 133 Å². The summed E-state index contributed by atoms with van der Waals surface area (Å²) in [6.07, 6.45) is -0.761. The number of carbonyl (C=O) groups is 1. The fourth-order valence-electron chi connectivity index (χ4n) is 1.85. The lowest BCUT2D eigenvalue weighted by Crippen LogP contribution is -2.30. The van der Waals surface area contributed by atoms with E-state index < -0.39 is 16.9 Å². The van der Waals surface area contributed by atoms with Crippen LogP contribution >= 0.6 is 0 Å². The van der Waals surface area contributed by atoms with Crippen LogP contribution in [0, 0.1) is 10.1 Å². The van der Waals surface area contributed by atoms with Gasteiger partial charge in [0.15, 0.2) is 6.10 Å². The SMILES string of the molecule is COc1ccc(O[C@@H](C)C(=O)Nc2cccc([N+](=O)[O-])c2)cc1. The Morgan fingerprint density at radius 2 is 1.83 bits per heavy atom. The molecule has 0 bridgehead atoms. The lowest BCUT2D eigenvalue weighted by atomic mass is 10.2. The average molecular weight is 316 g/mol. The van der Waals surface area contributed by atoms with Gasteiger partial charge in [0.25, 0.3) is 11.6 Å². The summed E-state index contributed by atoms with van der Waals surface area (Å²) in [6, 6.07) is 12.5. The van der Waals surface area contributed by atoms with Crippen molar-refractivity contribution in [2.75, 3.05) is 12.4 Å². The summed E-state index contributed by atoms with van der Waals surface area (Å²) in [5, 5.41) is 13.3. The number of nitro groups is 1. The van der Waals surface area contributed by atoms with Gasteiger partial charge in [0, 0.05) is 17.8 Å². The number of amides is 1. The second kappa shape index (κ2) is 7.26. The van der Waals surface area contributed by atoms with Gasteiger partial charge in [-0.05, 0) is 37.3 Å². The van der Waals surface area contributed by atoms with Crippen molar-refractivity contribution in [3.63, 3.8) is 0 Å². The monoisotopic (exact) mass is 316 g/mol. The summed E-state index contributed by atoms with van der Waals surface area (Å²) in [5.41, 5.74) is 0.251. The van der Waals surface area contributed by atoms with Crippen molar-refractivity contribution in [3.05, 3.63) is 58.6 Å². The van der Waals surface area contributed by atoms with Crippen molar-refractivity contribution >= 4 is 17.3 Å². The molecule has 120 valence electrons. The number of hydrogen-bond donors (Lipinski definition) is 1. The van der Waals surface area contributed by atoms with Crippen LogP contribution < -0.4 is 14.8 Å². The van der Waals surface area contributed by atoms with Crippen molar-refractivity contribution in [1.82, 2.24) is 0 Å². The summed E-state index contributed by atoms with van der Waals surface area (Å²) in [7, 11) is 1.56. The van der Waals surface area contributed by atoms with Gasteiger partial charge in [-0.1, -0.05) is 6.07 Å². The third kappa shape index (κ3) is 4.44. The minimum atomic E-state index is -0.761. The average Bonchev–Trinajstić information content (AvgIpc) is 2.55. The maximum Gasteiger partial charge on any atom is 0.271 e. The van der Waals surface area contributed by atoms with Gasteiger partial charge in [0.2, 0.25) is 0 Å². The van der Waals surface area contributed by atoms with Gasteiger partial charge in [0.1, 0.15) is 11.5 Å². The fourth-order valence-corrected chi connectivity index (χ4v) is 1.85. The molecule has 0 aliphatic rings. The van der Waals surface area contributed by atoms with Crippen LogP contribution in [-0.2, 0) is 4.79 Å². The normalized spacial score (nSPS) is 11.4. The zero-order valence-electron chi connectivity index (χ0n) is 12.7. The zero-order chi connectivity index (χ0) is 16.8. The van der Waals surface area contributed by atoms with E-state index in [4.69, 9.17) is 9.47 Å². The van der Waals surface area contributed by atoms with Crippen molar-refractivity contribution in [2.24, 2.45) is 0 Å². The van der Waals surface area contributed by atoms with Gasteiger partial charge in [0.05, 0.1) is 12.0 Å². The number of nitrogens with zero attached hydrogens (tertiary/aromatic N) is 1. The van der Waals surface area contributed by atoms with Crippen LogP contribution in [0.3, 0.4) is 0 Å². The van der Waals surface area contributed by atoms with Crippen LogP contribution in [0.2, 0.25) is 0 Å². The molecule has 2 aromatic carbocycles. The third-order valence-corrected chi connectivity index (χ3v) is 3.07. The summed E-state index contributed by atoms with van der Waals surface area (Å²) < 4.78 is 10.6. The third-order valence-electron chi connectivity index (χ3n) is 3.07. The van der Waals surface area contributed by atoms with Crippen molar-refractivity contribution in [2.45, 2.75) is 13.0 Å². The number of anilines is 1.